The Balaban J connectivity index is 2.10. The minimum atomic E-state index is -0.449. The Morgan fingerprint density at radius 2 is 2.26 bits per heavy atom. The zero-order chi connectivity index (χ0) is 13.4. The van der Waals surface area contributed by atoms with Gasteiger partial charge >= 0.3 is 5.76 Å². The molecule has 0 spiro atoms. The Labute approximate surface area is 108 Å². The van der Waals surface area contributed by atoms with E-state index in [0.717, 1.165) is 28.9 Å². The van der Waals surface area contributed by atoms with Crippen LogP contribution in [0.25, 0.3) is 22.4 Å². The van der Waals surface area contributed by atoms with Crippen molar-refractivity contribution < 1.29 is 4.42 Å². The van der Waals surface area contributed by atoms with Gasteiger partial charge in [0, 0.05) is 17.7 Å². The van der Waals surface area contributed by atoms with Gasteiger partial charge in [0.2, 0.25) is 0 Å². The van der Waals surface area contributed by atoms with E-state index in [9.17, 15) is 4.79 Å². The first-order valence-corrected chi connectivity index (χ1v) is 6.06. The van der Waals surface area contributed by atoms with Crippen LogP contribution in [0.4, 0.5) is 0 Å². The predicted molar refractivity (Wildman–Crippen MR) is 71.9 cm³/mol. The standard InChI is InChI=1S/C13H14N4O2/c1-7-9(4-5-14)16-17-12(7)8-2-3-11-10(6-8)15-13(18)19-11/h2-3,6H,4-5,14H2,1H3,(H,15,18)(H,16,17). The van der Waals surface area contributed by atoms with Gasteiger partial charge in [-0.1, -0.05) is 0 Å². The van der Waals surface area contributed by atoms with Gasteiger partial charge in [-0.2, -0.15) is 5.10 Å². The molecule has 0 saturated heterocycles. The fourth-order valence-electron chi connectivity index (χ4n) is 2.20. The highest BCUT2D eigenvalue weighted by molar-refractivity contribution is 5.79. The smallest absolute Gasteiger partial charge is 0.408 e. The molecule has 0 aliphatic heterocycles. The molecule has 6 heteroatoms. The molecule has 0 saturated carbocycles. The Bertz CT molecular complexity index is 781. The van der Waals surface area contributed by atoms with E-state index in [1.54, 1.807) is 6.07 Å². The molecule has 6 nitrogen and oxygen atoms in total. The first-order chi connectivity index (χ1) is 9.19. The zero-order valence-corrected chi connectivity index (χ0v) is 10.5. The molecule has 0 unspecified atom stereocenters. The third-order valence-corrected chi connectivity index (χ3v) is 3.20. The van der Waals surface area contributed by atoms with Crippen LogP contribution in [0.3, 0.4) is 0 Å². The van der Waals surface area contributed by atoms with Crippen molar-refractivity contribution in [3.63, 3.8) is 0 Å². The lowest BCUT2D eigenvalue weighted by atomic mass is 10.1. The summed E-state index contributed by atoms with van der Waals surface area (Å²) < 4.78 is 4.98. The molecular weight excluding hydrogens is 244 g/mol. The lowest BCUT2D eigenvalue weighted by Gasteiger charge is -1.99. The summed E-state index contributed by atoms with van der Waals surface area (Å²) in [5.41, 5.74) is 10.7. The quantitative estimate of drug-likeness (QED) is 0.659. The molecular formula is C13H14N4O2. The third kappa shape index (κ3) is 1.96. The molecule has 19 heavy (non-hydrogen) atoms. The average molecular weight is 258 g/mol. The molecule has 1 aromatic carbocycles. The summed E-state index contributed by atoms with van der Waals surface area (Å²) >= 11 is 0. The van der Waals surface area contributed by atoms with Gasteiger partial charge < -0.3 is 10.2 Å². The number of nitrogens with two attached hydrogens (primary N) is 1. The van der Waals surface area contributed by atoms with Gasteiger partial charge in [0.05, 0.1) is 11.2 Å². The van der Waals surface area contributed by atoms with Gasteiger partial charge in [0.25, 0.3) is 0 Å². The maximum Gasteiger partial charge on any atom is 0.417 e. The van der Waals surface area contributed by atoms with Crippen molar-refractivity contribution in [3.05, 3.63) is 40.0 Å². The lowest BCUT2D eigenvalue weighted by Crippen LogP contribution is -2.03. The number of H-pyrrole nitrogens is 2. The molecule has 0 fully saturated rings. The van der Waals surface area contributed by atoms with Gasteiger partial charge in [0.15, 0.2) is 5.58 Å². The summed E-state index contributed by atoms with van der Waals surface area (Å²) in [6, 6.07) is 5.50. The van der Waals surface area contributed by atoms with Crippen LogP contribution in [0.15, 0.2) is 27.4 Å². The number of benzene rings is 1. The summed E-state index contributed by atoms with van der Waals surface area (Å²) in [4.78, 5) is 13.8. The van der Waals surface area contributed by atoms with Gasteiger partial charge in [-0.25, -0.2) is 4.79 Å². The van der Waals surface area contributed by atoms with E-state index in [1.165, 1.54) is 0 Å². The van der Waals surface area contributed by atoms with Crippen molar-refractivity contribution in [2.45, 2.75) is 13.3 Å². The topological polar surface area (TPSA) is 101 Å². The maximum absolute atomic E-state index is 11.1. The number of oxazole rings is 1. The molecule has 2 heterocycles. The Morgan fingerprint density at radius 1 is 1.42 bits per heavy atom. The molecule has 4 N–H and O–H groups in total. The first kappa shape index (κ1) is 11.7. The highest BCUT2D eigenvalue weighted by Gasteiger charge is 2.11. The van der Waals surface area contributed by atoms with Crippen LogP contribution in [-0.4, -0.2) is 21.7 Å². The number of aromatic amines is 2. The van der Waals surface area contributed by atoms with Gasteiger partial charge in [-0.05, 0) is 37.2 Å². The number of fused-ring (bicyclic) bond motifs is 1. The highest BCUT2D eigenvalue weighted by Crippen LogP contribution is 2.25. The van der Waals surface area contributed by atoms with E-state index in [1.807, 2.05) is 19.1 Å². The van der Waals surface area contributed by atoms with E-state index in [4.69, 9.17) is 10.2 Å². The minimum absolute atomic E-state index is 0.449. The fraction of sp³-hybridized carbons (Fsp3) is 0.231. The van der Waals surface area contributed by atoms with Crippen LogP contribution >= 0.6 is 0 Å². The van der Waals surface area contributed by atoms with Crippen LogP contribution < -0.4 is 11.5 Å². The molecule has 0 aliphatic rings. The largest absolute Gasteiger partial charge is 0.417 e. The highest BCUT2D eigenvalue weighted by atomic mass is 16.4. The van der Waals surface area contributed by atoms with Crippen LogP contribution in [0.2, 0.25) is 0 Å². The molecule has 0 aliphatic carbocycles. The Morgan fingerprint density at radius 3 is 3.05 bits per heavy atom. The van der Waals surface area contributed by atoms with Crippen LogP contribution in [0.1, 0.15) is 11.3 Å². The SMILES string of the molecule is Cc1c(-c2ccc3oc(=O)[nH]c3c2)n[nH]c1CCN. The van der Waals surface area contributed by atoms with Crippen LogP contribution in [-0.2, 0) is 6.42 Å². The first-order valence-electron chi connectivity index (χ1n) is 6.06. The second kappa shape index (κ2) is 4.40. The number of nitrogens with zero attached hydrogens (tertiary/aromatic N) is 1. The molecule has 3 aromatic rings. The number of hydrogen-bond acceptors (Lipinski definition) is 4. The van der Waals surface area contributed by atoms with E-state index >= 15 is 0 Å². The molecule has 0 amide bonds. The number of hydrogen-bond donors (Lipinski definition) is 3. The fourth-order valence-corrected chi connectivity index (χ4v) is 2.20. The molecule has 2 aromatic heterocycles. The van der Waals surface area contributed by atoms with Gasteiger partial charge in [-0.3, -0.25) is 10.1 Å². The summed E-state index contributed by atoms with van der Waals surface area (Å²) in [6.45, 7) is 2.59. The number of rotatable bonds is 3. The van der Waals surface area contributed by atoms with E-state index in [-0.39, 0.29) is 0 Å². The lowest BCUT2D eigenvalue weighted by molar-refractivity contribution is 0.555. The number of nitrogens with one attached hydrogen (secondary N) is 2. The van der Waals surface area contributed by atoms with E-state index in [2.05, 4.69) is 15.2 Å². The normalized spacial score (nSPS) is 11.3. The van der Waals surface area contributed by atoms with Crippen LogP contribution in [0.5, 0.6) is 0 Å². The van der Waals surface area contributed by atoms with E-state index < -0.39 is 5.76 Å². The van der Waals surface area contributed by atoms with Gasteiger partial charge in [0.1, 0.15) is 0 Å². The molecule has 3 rings (SSSR count). The van der Waals surface area contributed by atoms with Crippen molar-refractivity contribution in [1.29, 1.82) is 0 Å². The summed E-state index contributed by atoms with van der Waals surface area (Å²) in [5, 5.41) is 7.32. The number of aromatic nitrogens is 3. The van der Waals surface area contributed by atoms with Gasteiger partial charge in [-0.15, -0.1) is 0 Å². The van der Waals surface area contributed by atoms with Crippen molar-refractivity contribution in [3.8, 4) is 11.3 Å². The van der Waals surface area contributed by atoms with Crippen molar-refractivity contribution in [1.82, 2.24) is 15.2 Å². The summed E-state index contributed by atoms with van der Waals surface area (Å²) in [5.74, 6) is -0.449. The molecule has 0 bridgehead atoms. The summed E-state index contributed by atoms with van der Waals surface area (Å²) in [6.07, 6.45) is 0.767. The minimum Gasteiger partial charge on any atom is -0.408 e. The predicted octanol–water partition coefficient (Wildman–Crippen LogP) is 1.32. The molecule has 0 radical (unpaired) electrons. The van der Waals surface area contributed by atoms with Crippen molar-refractivity contribution in [2.75, 3.05) is 6.54 Å². The Hall–Kier alpha value is -2.34. The monoisotopic (exact) mass is 258 g/mol. The maximum atomic E-state index is 11.1. The molecule has 98 valence electrons. The van der Waals surface area contributed by atoms with Crippen LogP contribution in [0, 0.1) is 6.92 Å². The summed E-state index contributed by atoms with van der Waals surface area (Å²) in [7, 11) is 0. The zero-order valence-electron chi connectivity index (χ0n) is 10.5. The molecule has 0 atom stereocenters. The second-order valence-corrected chi connectivity index (χ2v) is 4.44. The van der Waals surface area contributed by atoms with E-state index in [0.29, 0.717) is 17.6 Å². The van der Waals surface area contributed by atoms with Crippen molar-refractivity contribution >= 4 is 11.1 Å². The Kier molecular flexibility index (Phi) is 2.72. The van der Waals surface area contributed by atoms with Crippen molar-refractivity contribution in [2.24, 2.45) is 5.73 Å². The third-order valence-electron chi connectivity index (χ3n) is 3.20. The average Bonchev–Trinajstić information content (AvgIpc) is 2.92. The second-order valence-electron chi connectivity index (χ2n) is 4.44.